The van der Waals surface area contributed by atoms with E-state index in [4.69, 9.17) is 9.47 Å². The van der Waals surface area contributed by atoms with Crippen LogP contribution in [0.3, 0.4) is 0 Å². The van der Waals surface area contributed by atoms with Crippen molar-refractivity contribution >= 4 is 10.0 Å². The molecule has 112 valence electrons. The highest BCUT2D eigenvalue weighted by molar-refractivity contribution is 7.89. The second-order valence-corrected chi connectivity index (χ2v) is 7.05. The van der Waals surface area contributed by atoms with Gasteiger partial charge in [0.1, 0.15) is 0 Å². The molecular weight excluding hydrogens is 278 g/mol. The average Bonchev–Trinajstić information content (AvgIpc) is 2.46. The lowest BCUT2D eigenvalue weighted by molar-refractivity contribution is 0.319. The zero-order valence-electron chi connectivity index (χ0n) is 12.3. The van der Waals surface area contributed by atoms with Crippen molar-refractivity contribution in [3.8, 4) is 11.5 Å². The average molecular weight is 299 g/mol. The first-order valence-electron chi connectivity index (χ1n) is 6.69. The predicted molar refractivity (Wildman–Crippen MR) is 77.8 cm³/mol. The van der Waals surface area contributed by atoms with Crippen molar-refractivity contribution in [1.82, 2.24) is 4.31 Å². The van der Waals surface area contributed by atoms with Crippen molar-refractivity contribution in [3.05, 3.63) is 23.3 Å². The van der Waals surface area contributed by atoms with E-state index in [-0.39, 0.29) is 11.8 Å². The predicted octanol–water partition coefficient (Wildman–Crippen LogP) is 1.97. The van der Waals surface area contributed by atoms with Crippen LogP contribution in [0.1, 0.15) is 31.0 Å². The number of hydrogen-bond acceptors (Lipinski definition) is 4. The molecule has 0 spiro atoms. The first-order chi connectivity index (χ1) is 9.44. The number of hydrogen-bond donors (Lipinski definition) is 0. The van der Waals surface area contributed by atoms with Crippen molar-refractivity contribution in [2.45, 2.75) is 26.3 Å². The highest BCUT2D eigenvalue weighted by Crippen LogP contribution is 2.38. The van der Waals surface area contributed by atoms with Gasteiger partial charge < -0.3 is 9.47 Å². The zero-order valence-corrected chi connectivity index (χ0v) is 13.2. The fourth-order valence-corrected chi connectivity index (χ4v) is 3.96. The number of sulfonamides is 1. The van der Waals surface area contributed by atoms with Crippen LogP contribution in [0.15, 0.2) is 12.1 Å². The van der Waals surface area contributed by atoms with E-state index in [1.807, 2.05) is 19.1 Å². The summed E-state index contributed by atoms with van der Waals surface area (Å²) in [5, 5.41) is 0. The largest absolute Gasteiger partial charge is 0.493 e. The van der Waals surface area contributed by atoms with Gasteiger partial charge in [0.25, 0.3) is 0 Å². The van der Waals surface area contributed by atoms with Crippen LogP contribution >= 0.6 is 0 Å². The van der Waals surface area contributed by atoms with Gasteiger partial charge in [0, 0.05) is 12.6 Å². The molecular formula is C14H21NO4S. The van der Waals surface area contributed by atoms with Crippen molar-refractivity contribution in [1.29, 1.82) is 0 Å². The number of fused-ring (bicyclic) bond motifs is 1. The van der Waals surface area contributed by atoms with E-state index in [9.17, 15) is 8.42 Å². The molecule has 0 radical (unpaired) electrons. The minimum Gasteiger partial charge on any atom is -0.493 e. The Kier molecular flexibility index (Phi) is 4.25. The lowest BCUT2D eigenvalue weighted by Crippen LogP contribution is -2.39. The zero-order chi connectivity index (χ0) is 14.9. The molecule has 0 fully saturated rings. The Hall–Kier alpha value is -1.27. The highest BCUT2D eigenvalue weighted by atomic mass is 32.2. The molecule has 5 nitrogen and oxygen atoms in total. The molecule has 0 N–H and O–H groups in total. The number of rotatable bonds is 4. The van der Waals surface area contributed by atoms with Gasteiger partial charge in [0.2, 0.25) is 10.0 Å². The third kappa shape index (κ3) is 2.50. The van der Waals surface area contributed by atoms with Crippen molar-refractivity contribution in [2.24, 2.45) is 0 Å². The summed E-state index contributed by atoms with van der Waals surface area (Å²) in [5.74, 6) is 1.44. The summed E-state index contributed by atoms with van der Waals surface area (Å²) < 4.78 is 36.4. The van der Waals surface area contributed by atoms with Crippen molar-refractivity contribution in [2.75, 3.05) is 26.5 Å². The van der Waals surface area contributed by atoms with Gasteiger partial charge in [-0.05, 0) is 43.5 Å². The Morgan fingerprint density at radius 1 is 1.25 bits per heavy atom. The van der Waals surface area contributed by atoms with Crippen molar-refractivity contribution in [3.63, 3.8) is 0 Å². The Balaban J connectivity index is 2.46. The molecule has 1 aliphatic rings. The smallest absolute Gasteiger partial charge is 0.214 e. The van der Waals surface area contributed by atoms with Gasteiger partial charge in [-0.2, -0.15) is 4.31 Å². The molecule has 6 heteroatoms. The fourth-order valence-electron chi connectivity index (χ4n) is 2.67. The van der Waals surface area contributed by atoms with Gasteiger partial charge >= 0.3 is 0 Å². The second-order valence-electron chi connectivity index (χ2n) is 4.84. The van der Waals surface area contributed by atoms with Gasteiger partial charge in [0.05, 0.1) is 20.0 Å². The minimum atomic E-state index is -3.19. The maximum atomic E-state index is 12.1. The highest BCUT2D eigenvalue weighted by Gasteiger charge is 2.32. The first-order valence-corrected chi connectivity index (χ1v) is 8.29. The number of nitrogens with zero attached hydrogens (tertiary/aromatic N) is 1. The third-order valence-corrected chi connectivity index (χ3v) is 5.79. The van der Waals surface area contributed by atoms with Crippen LogP contribution in [0.25, 0.3) is 0 Å². The molecule has 0 saturated heterocycles. The molecule has 1 aromatic carbocycles. The van der Waals surface area contributed by atoms with Crippen LogP contribution in [0, 0.1) is 0 Å². The van der Waals surface area contributed by atoms with Gasteiger partial charge in [0.15, 0.2) is 11.5 Å². The quantitative estimate of drug-likeness (QED) is 0.853. The lowest BCUT2D eigenvalue weighted by atomic mass is 9.94. The lowest BCUT2D eigenvalue weighted by Gasteiger charge is -2.34. The fraction of sp³-hybridized carbons (Fsp3) is 0.571. The Morgan fingerprint density at radius 3 is 2.40 bits per heavy atom. The Labute approximate surface area is 120 Å². The summed E-state index contributed by atoms with van der Waals surface area (Å²) in [7, 11) is -0.00397. The third-order valence-electron chi connectivity index (χ3n) is 3.85. The van der Waals surface area contributed by atoms with Gasteiger partial charge in [-0.25, -0.2) is 8.42 Å². The standard InChI is InChI=1S/C14H21NO4S/c1-5-20(16,17)15-7-6-11-8-13(18-3)14(19-4)9-12(11)10(15)2/h8-10H,5-7H2,1-4H3. The molecule has 0 aromatic heterocycles. The van der Waals surface area contributed by atoms with Crippen LogP contribution in [-0.4, -0.2) is 39.2 Å². The van der Waals surface area contributed by atoms with Gasteiger partial charge in [-0.1, -0.05) is 0 Å². The molecule has 0 saturated carbocycles. The summed E-state index contributed by atoms with van der Waals surface area (Å²) in [6.45, 7) is 4.10. The van der Waals surface area contributed by atoms with E-state index in [2.05, 4.69) is 0 Å². The monoisotopic (exact) mass is 299 g/mol. The molecule has 1 aromatic rings. The van der Waals surface area contributed by atoms with Crippen molar-refractivity contribution < 1.29 is 17.9 Å². The summed E-state index contributed by atoms with van der Waals surface area (Å²) in [6, 6.07) is 3.65. The number of ether oxygens (including phenoxy) is 2. The van der Waals surface area contributed by atoms with Crippen LogP contribution in [0.2, 0.25) is 0 Å². The Morgan fingerprint density at radius 2 is 1.85 bits per heavy atom. The van der Waals surface area contributed by atoms with Crippen LogP contribution in [0.5, 0.6) is 11.5 Å². The number of methoxy groups -OCH3 is 2. The summed E-state index contributed by atoms with van der Waals surface area (Å²) in [4.78, 5) is 0. The molecule has 0 bridgehead atoms. The minimum absolute atomic E-state index is 0.125. The molecule has 2 rings (SSSR count). The van der Waals surface area contributed by atoms with E-state index in [0.29, 0.717) is 24.5 Å². The maximum Gasteiger partial charge on any atom is 0.214 e. The van der Waals surface area contributed by atoms with Crippen LogP contribution < -0.4 is 9.47 Å². The molecule has 1 aliphatic heterocycles. The van der Waals surface area contributed by atoms with Gasteiger partial charge in [-0.15, -0.1) is 0 Å². The van der Waals surface area contributed by atoms with E-state index in [0.717, 1.165) is 11.1 Å². The molecule has 1 heterocycles. The van der Waals surface area contributed by atoms with E-state index in [1.165, 1.54) is 0 Å². The molecule has 0 amide bonds. The normalized spacial score (nSPS) is 19.5. The maximum absolute atomic E-state index is 12.1. The van der Waals surface area contributed by atoms with Crippen LogP contribution in [0.4, 0.5) is 0 Å². The SMILES string of the molecule is CCS(=O)(=O)N1CCc2cc(OC)c(OC)cc2C1C. The van der Waals surface area contributed by atoms with Crippen LogP contribution in [-0.2, 0) is 16.4 Å². The summed E-state index contributed by atoms with van der Waals surface area (Å²) >= 11 is 0. The molecule has 20 heavy (non-hydrogen) atoms. The number of benzene rings is 1. The topological polar surface area (TPSA) is 55.8 Å². The summed E-state index contributed by atoms with van der Waals surface area (Å²) in [5.41, 5.74) is 2.11. The molecule has 1 atom stereocenters. The molecule has 1 unspecified atom stereocenters. The summed E-state index contributed by atoms with van der Waals surface area (Å²) in [6.07, 6.45) is 0.694. The van der Waals surface area contributed by atoms with E-state index in [1.54, 1.807) is 25.4 Å². The molecule has 0 aliphatic carbocycles. The Bertz CT molecular complexity index is 597. The van der Waals surface area contributed by atoms with E-state index < -0.39 is 10.0 Å². The first kappa shape index (κ1) is 15.1. The second kappa shape index (κ2) is 5.61. The van der Waals surface area contributed by atoms with E-state index >= 15 is 0 Å². The van der Waals surface area contributed by atoms with Gasteiger partial charge in [-0.3, -0.25) is 0 Å².